The summed E-state index contributed by atoms with van der Waals surface area (Å²) in [6, 6.07) is 8.39. The lowest BCUT2D eigenvalue weighted by atomic mass is 10.0. The van der Waals surface area contributed by atoms with Crippen LogP contribution in [0.25, 0.3) is 11.4 Å². The van der Waals surface area contributed by atoms with Crippen molar-refractivity contribution in [3.63, 3.8) is 0 Å². The molecule has 78 valence electrons. The molecule has 4 heteroatoms. The molecule has 1 aromatic carbocycles. The molecule has 0 unspecified atom stereocenters. The molecule has 2 rings (SSSR count). The summed E-state index contributed by atoms with van der Waals surface area (Å²) in [6.45, 7) is 4.36. The van der Waals surface area contributed by atoms with E-state index in [0.29, 0.717) is 5.92 Å². The van der Waals surface area contributed by atoms with Crippen molar-refractivity contribution >= 4 is 0 Å². The normalized spacial score (nSPS) is 10.9. The van der Waals surface area contributed by atoms with Crippen molar-refractivity contribution in [2.24, 2.45) is 7.05 Å². The van der Waals surface area contributed by atoms with E-state index in [1.54, 1.807) is 4.68 Å². The van der Waals surface area contributed by atoms with E-state index in [1.807, 2.05) is 13.1 Å². The Balaban J connectivity index is 2.46. The number of tetrazole rings is 1. The zero-order valence-corrected chi connectivity index (χ0v) is 9.23. The maximum absolute atomic E-state index is 4.04. The molecule has 0 aliphatic rings. The Bertz CT molecular complexity index is 459. The van der Waals surface area contributed by atoms with Crippen LogP contribution in [-0.2, 0) is 7.05 Å². The molecule has 0 spiro atoms. The Kier molecular flexibility index (Phi) is 2.49. The topological polar surface area (TPSA) is 45.5 Å². The second-order valence-corrected chi connectivity index (χ2v) is 3.96. The first-order chi connectivity index (χ1) is 7.18. The molecular weight excluding hydrogens is 188 g/mol. The molecule has 0 bridgehead atoms. The largest absolute Gasteiger partial charge is 0.331 e. The standard InChI is InChI=1S/C11H14N4/c1-8(2)9-5-4-6-10(7-9)11-12-13-14-15(11)3/h4-8H,1-3H3/p+1. The van der Waals surface area contributed by atoms with Crippen LogP contribution in [0.15, 0.2) is 24.3 Å². The van der Waals surface area contributed by atoms with Crippen molar-refractivity contribution in [2.45, 2.75) is 19.8 Å². The van der Waals surface area contributed by atoms with Crippen molar-refractivity contribution in [3.05, 3.63) is 29.8 Å². The highest BCUT2D eigenvalue weighted by Gasteiger charge is 2.14. The van der Waals surface area contributed by atoms with Crippen molar-refractivity contribution < 1.29 is 4.68 Å². The van der Waals surface area contributed by atoms with Crippen LogP contribution in [0, 0.1) is 0 Å². The summed E-state index contributed by atoms with van der Waals surface area (Å²) in [5, 5.41) is 10.6. The molecule has 1 N–H and O–H groups in total. The third-order valence-corrected chi connectivity index (χ3v) is 2.47. The highest BCUT2D eigenvalue weighted by Crippen LogP contribution is 2.19. The average Bonchev–Trinajstić information content (AvgIpc) is 2.64. The van der Waals surface area contributed by atoms with E-state index in [-0.39, 0.29) is 0 Å². The third kappa shape index (κ3) is 1.88. The van der Waals surface area contributed by atoms with Crippen molar-refractivity contribution in [1.29, 1.82) is 0 Å². The number of benzene rings is 1. The van der Waals surface area contributed by atoms with Crippen LogP contribution < -0.4 is 4.68 Å². The molecule has 0 saturated heterocycles. The van der Waals surface area contributed by atoms with Gasteiger partial charge in [0.05, 0.1) is 12.6 Å². The quantitative estimate of drug-likeness (QED) is 0.750. The summed E-state index contributed by atoms with van der Waals surface area (Å²) in [4.78, 5) is 0. The van der Waals surface area contributed by atoms with Crippen LogP contribution >= 0.6 is 0 Å². The van der Waals surface area contributed by atoms with Gasteiger partial charge in [0.2, 0.25) is 0 Å². The smallest absolute Gasteiger partial charge is 0.161 e. The van der Waals surface area contributed by atoms with E-state index < -0.39 is 0 Å². The monoisotopic (exact) mass is 203 g/mol. The third-order valence-electron chi connectivity index (χ3n) is 2.47. The first kappa shape index (κ1) is 9.83. The molecule has 0 aliphatic carbocycles. The molecule has 0 atom stereocenters. The number of rotatable bonds is 2. The highest BCUT2D eigenvalue weighted by atomic mass is 15.5. The molecule has 1 aromatic heterocycles. The molecule has 15 heavy (non-hydrogen) atoms. The number of aromatic nitrogens is 4. The Hall–Kier alpha value is -1.71. The van der Waals surface area contributed by atoms with Crippen LogP contribution in [-0.4, -0.2) is 15.5 Å². The maximum atomic E-state index is 4.04. The Morgan fingerprint density at radius 2 is 2.13 bits per heavy atom. The van der Waals surface area contributed by atoms with Gasteiger partial charge in [-0.25, -0.2) is 0 Å². The van der Waals surface area contributed by atoms with Gasteiger partial charge in [0.15, 0.2) is 5.21 Å². The van der Waals surface area contributed by atoms with Gasteiger partial charge >= 0.3 is 5.82 Å². The Morgan fingerprint density at radius 1 is 1.33 bits per heavy atom. The SMILES string of the molecule is CC(C)c1cccc(-c2nn[nH][n+]2C)c1. The lowest BCUT2D eigenvalue weighted by Gasteiger charge is -2.04. The minimum Gasteiger partial charge on any atom is -0.161 e. The zero-order chi connectivity index (χ0) is 10.8. The van der Waals surface area contributed by atoms with Gasteiger partial charge in [-0.05, 0) is 23.6 Å². The van der Waals surface area contributed by atoms with Gasteiger partial charge < -0.3 is 0 Å². The minimum absolute atomic E-state index is 0.530. The van der Waals surface area contributed by atoms with Gasteiger partial charge in [0, 0.05) is 0 Å². The minimum atomic E-state index is 0.530. The molecule has 0 aliphatic heterocycles. The van der Waals surface area contributed by atoms with Gasteiger partial charge in [-0.1, -0.05) is 31.2 Å². The number of hydrogen-bond donors (Lipinski definition) is 1. The Morgan fingerprint density at radius 3 is 2.73 bits per heavy atom. The van der Waals surface area contributed by atoms with Gasteiger partial charge in [-0.15, -0.1) is 0 Å². The average molecular weight is 203 g/mol. The van der Waals surface area contributed by atoms with E-state index in [2.05, 4.69) is 47.6 Å². The summed E-state index contributed by atoms with van der Waals surface area (Å²) >= 11 is 0. The first-order valence-corrected chi connectivity index (χ1v) is 5.06. The van der Waals surface area contributed by atoms with E-state index in [9.17, 15) is 0 Å². The Labute approximate surface area is 88.9 Å². The predicted molar refractivity (Wildman–Crippen MR) is 57.1 cm³/mol. The fraction of sp³-hybridized carbons (Fsp3) is 0.364. The summed E-state index contributed by atoms with van der Waals surface area (Å²) in [7, 11) is 1.90. The fourth-order valence-corrected chi connectivity index (χ4v) is 1.54. The van der Waals surface area contributed by atoms with Crippen LogP contribution in [0.1, 0.15) is 25.3 Å². The van der Waals surface area contributed by atoms with Gasteiger partial charge in [-0.3, -0.25) is 0 Å². The molecule has 2 aromatic rings. The van der Waals surface area contributed by atoms with E-state index in [4.69, 9.17) is 0 Å². The van der Waals surface area contributed by atoms with E-state index in [0.717, 1.165) is 11.4 Å². The number of nitrogens with zero attached hydrogens (tertiary/aromatic N) is 3. The van der Waals surface area contributed by atoms with Gasteiger partial charge in [0.1, 0.15) is 5.10 Å². The number of nitrogens with one attached hydrogen (secondary N) is 1. The molecular formula is C11H15N4+. The van der Waals surface area contributed by atoms with Crippen molar-refractivity contribution in [1.82, 2.24) is 15.5 Å². The lowest BCUT2D eigenvalue weighted by molar-refractivity contribution is -0.721. The van der Waals surface area contributed by atoms with E-state index >= 15 is 0 Å². The van der Waals surface area contributed by atoms with Crippen LogP contribution in [0.2, 0.25) is 0 Å². The van der Waals surface area contributed by atoms with E-state index in [1.165, 1.54) is 5.56 Å². The summed E-state index contributed by atoms with van der Waals surface area (Å²) < 4.78 is 1.80. The second-order valence-electron chi connectivity index (χ2n) is 3.96. The highest BCUT2D eigenvalue weighted by molar-refractivity contribution is 5.53. The predicted octanol–water partition coefficient (Wildman–Crippen LogP) is 1.42. The van der Waals surface area contributed by atoms with Crippen molar-refractivity contribution in [2.75, 3.05) is 0 Å². The molecule has 0 amide bonds. The summed E-state index contributed by atoms with van der Waals surface area (Å²) in [5.74, 6) is 1.39. The summed E-state index contributed by atoms with van der Waals surface area (Å²) in [5.41, 5.74) is 2.41. The summed E-state index contributed by atoms with van der Waals surface area (Å²) in [6.07, 6.45) is 0. The molecule has 0 radical (unpaired) electrons. The maximum Gasteiger partial charge on any atom is 0.331 e. The fourth-order valence-electron chi connectivity index (χ4n) is 1.54. The number of aromatic amines is 1. The second kappa shape index (κ2) is 3.81. The van der Waals surface area contributed by atoms with Crippen molar-refractivity contribution in [3.8, 4) is 11.4 Å². The van der Waals surface area contributed by atoms with Crippen LogP contribution in [0.5, 0.6) is 0 Å². The van der Waals surface area contributed by atoms with Crippen LogP contribution in [0.4, 0.5) is 0 Å². The first-order valence-electron chi connectivity index (χ1n) is 5.06. The lowest BCUT2D eigenvalue weighted by Crippen LogP contribution is -2.32. The molecule has 0 fully saturated rings. The molecule has 4 nitrogen and oxygen atoms in total. The molecule has 0 saturated carbocycles. The van der Waals surface area contributed by atoms with Gasteiger partial charge in [0.25, 0.3) is 0 Å². The van der Waals surface area contributed by atoms with Crippen LogP contribution in [0.3, 0.4) is 0 Å². The zero-order valence-electron chi connectivity index (χ0n) is 9.23. The molecule has 1 heterocycles. The van der Waals surface area contributed by atoms with Gasteiger partial charge in [-0.2, -0.15) is 4.68 Å². The number of hydrogen-bond acceptors (Lipinski definition) is 2. The number of H-pyrrole nitrogens is 1. The number of aryl methyl sites for hydroxylation is 1.